The molecule has 1 aliphatic rings. The highest BCUT2D eigenvalue weighted by atomic mass is 32.1. The highest BCUT2D eigenvalue weighted by Crippen LogP contribution is 2.35. The van der Waals surface area contributed by atoms with Crippen LogP contribution in [-0.4, -0.2) is 33.1 Å². The van der Waals surface area contributed by atoms with Crippen molar-refractivity contribution in [2.75, 3.05) is 6.54 Å². The Morgan fingerprint density at radius 2 is 1.95 bits per heavy atom. The Labute approximate surface area is 121 Å². The van der Waals surface area contributed by atoms with Gasteiger partial charge in [0.05, 0.1) is 11.1 Å². The number of carboxylic acids is 1. The minimum absolute atomic E-state index is 0.179. The van der Waals surface area contributed by atoms with E-state index in [0.717, 1.165) is 37.2 Å². The maximum Gasteiger partial charge on any atom is 0.311 e. The fourth-order valence-corrected chi connectivity index (χ4v) is 3.21. The summed E-state index contributed by atoms with van der Waals surface area (Å²) in [5, 5.41) is 16.1. The Morgan fingerprint density at radius 1 is 1.30 bits per heavy atom. The number of aromatic nitrogens is 2. The smallest absolute Gasteiger partial charge is 0.311 e. The normalized spacial score (nSPS) is 18.2. The standard InChI is InChI=1S/C13H19N3O3S/c1-9-10(20-16-15-9)11(17)14-8-13(12(18)19)6-4-2-3-5-7-13/h2-8H2,1H3,(H,14,17)(H,18,19). The maximum atomic E-state index is 12.0. The van der Waals surface area contributed by atoms with Crippen LogP contribution in [0.25, 0.3) is 0 Å². The van der Waals surface area contributed by atoms with E-state index in [1.54, 1.807) is 6.92 Å². The summed E-state index contributed by atoms with van der Waals surface area (Å²) in [7, 11) is 0. The summed E-state index contributed by atoms with van der Waals surface area (Å²) >= 11 is 1.04. The predicted molar refractivity (Wildman–Crippen MR) is 74.8 cm³/mol. The van der Waals surface area contributed by atoms with Crippen molar-refractivity contribution in [1.29, 1.82) is 0 Å². The van der Waals surface area contributed by atoms with Crippen molar-refractivity contribution in [1.82, 2.24) is 14.9 Å². The monoisotopic (exact) mass is 297 g/mol. The van der Waals surface area contributed by atoms with Gasteiger partial charge in [-0.25, -0.2) is 0 Å². The molecule has 2 N–H and O–H groups in total. The lowest BCUT2D eigenvalue weighted by molar-refractivity contribution is -0.149. The van der Waals surface area contributed by atoms with Gasteiger partial charge in [0.2, 0.25) is 0 Å². The molecular weight excluding hydrogens is 278 g/mol. The van der Waals surface area contributed by atoms with Gasteiger partial charge in [0.1, 0.15) is 4.88 Å². The highest BCUT2D eigenvalue weighted by Gasteiger charge is 2.39. The summed E-state index contributed by atoms with van der Waals surface area (Å²) < 4.78 is 3.72. The van der Waals surface area contributed by atoms with Crippen molar-refractivity contribution in [3.63, 3.8) is 0 Å². The van der Waals surface area contributed by atoms with Gasteiger partial charge in [-0.15, -0.1) is 5.10 Å². The third kappa shape index (κ3) is 3.15. The second-order valence-corrected chi connectivity index (χ2v) is 6.12. The molecule has 1 aromatic rings. The predicted octanol–water partition coefficient (Wildman–Crippen LogP) is 2.00. The molecule has 0 spiro atoms. The number of hydrogen-bond acceptors (Lipinski definition) is 5. The van der Waals surface area contributed by atoms with Crippen LogP contribution in [0.2, 0.25) is 0 Å². The van der Waals surface area contributed by atoms with E-state index >= 15 is 0 Å². The number of carboxylic acid groups (broad SMARTS) is 1. The van der Waals surface area contributed by atoms with E-state index in [0.29, 0.717) is 23.4 Å². The van der Waals surface area contributed by atoms with Gasteiger partial charge in [0.15, 0.2) is 0 Å². The van der Waals surface area contributed by atoms with Gasteiger partial charge in [-0.2, -0.15) is 0 Å². The SMILES string of the molecule is Cc1nnsc1C(=O)NCC1(C(=O)O)CCCCCC1. The van der Waals surface area contributed by atoms with Gasteiger partial charge in [-0.1, -0.05) is 30.2 Å². The highest BCUT2D eigenvalue weighted by molar-refractivity contribution is 7.07. The lowest BCUT2D eigenvalue weighted by Crippen LogP contribution is -2.42. The van der Waals surface area contributed by atoms with E-state index in [-0.39, 0.29) is 12.5 Å². The average Bonchev–Trinajstić information content (AvgIpc) is 2.71. The van der Waals surface area contributed by atoms with Crippen LogP contribution < -0.4 is 5.32 Å². The van der Waals surface area contributed by atoms with E-state index in [2.05, 4.69) is 14.9 Å². The molecule has 2 rings (SSSR count). The Morgan fingerprint density at radius 3 is 2.45 bits per heavy atom. The van der Waals surface area contributed by atoms with Crippen LogP contribution in [0.1, 0.15) is 53.9 Å². The number of rotatable bonds is 4. The van der Waals surface area contributed by atoms with Crippen LogP contribution in [0.4, 0.5) is 0 Å². The lowest BCUT2D eigenvalue weighted by atomic mass is 9.80. The Bertz CT molecular complexity index is 493. The fraction of sp³-hybridized carbons (Fsp3) is 0.692. The van der Waals surface area contributed by atoms with E-state index in [1.807, 2.05) is 0 Å². The Kier molecular flexibility index (Phi) is 4.69. The molecule has 6 nitrogen and oxygen atoms in total. The molecule has 0 aromatic carbocycles. The topological polar surface area (TPSA) is 92.2 Å². The van der Waals surface area contributed by atoms with Crippen molar-refractivity contribution in [3.8, 4) is 0 Å². The summed E-state index contributed by atoms with van der Waals surface area (Å²) in [6, 6.07) is 0. The zero-order valence-electron chi connectivity index (χ0n) is 11.5. The molecule has 7 heteroatoms. The molecule has 20 heavy (non-hydrogen) atoms. The first-order chi connectivity index (χ1) is 9.55. The van der Waals surface area contributed by atoms with Gasteiger partial charge in [-0.05, 0) is 31.3 Å². The average molecular weight is 297 g/mol. The minimum Gasteiger partial charge on any atom is -0.481 e. The number of carbonyl (C=O) groups excluding carboxylic acids is 1. The van der Waals surface area contributed by atoms with Gasteiger partial charge < -0.3 is 10.4 Å². The first-order valence-electron chi connectivity index (χ1n) is 6.86. The molecule has 0 radical (unpaired) electrons. The molecule has 0 bridgehead atoms. The van der Waals surface area contributed by atoms with E-state index in [4.69, 9.17) is 0 Å². The van der Waals surface area contributed by atoms with Crippen molar-refractivity contribution in [2.24, 2.45) is 5.41 Å². The van der Waals surface area contributed by atoms with Crippen LogP contribution in [-0.2, 0) is 4.79 Å². The van der Waals surface area contributed by atoms with Crippen LogP contribution in [0.15, 0.2) is 0 Å². The molecule has 1 saturated carbocycles. The Hall–Kier alpha value is -1.50. The van der Waals surface area contributed by atoms with Crippen molar-refractivity contribution in [2.45, 2.75) is 45.4 Å². The van der Waals surface area contributed by atoms with Crippen molar-refractivity contribution >= 4 is 23.4 Å². The third-order valence-corrected chi connectivity index (χ3v) is 4.79. The number of aliphatic carboxylic acids is 1. The van der Waals surface area contributed by atoms with E-state index < -0.39 is 11.4 Å². The number of hydrogen-bond donors (Lipinski definition) is 2. The van der Waals surface area contributed by atoms with Crippen molar-refractivity contribution in [3.05, 3.63) is 10.6 Å². The molecule has 110 valence electrons. The first kappa shape index (κ1) is 14.9. The van der Waals surface area contributed by atoms with Crippen LogP contribution >= 0.6 is 11.5 Å². The van der Waals surface area contributed by atoms with Crippen LogP contribution in [0.3, 0.4) is 0 Å². The van der Waals surface area contributed by atoms with Crippen LogP contribution in [0.5, 0.6) is 0 Å². The molecule has 0 atom stereocenters. The second kappa shape index (κ2) is 6.30. The third-order valence-electron chi connectivity index (χ3n) is 3.96. The van der Waals surface area contributed by atoms with Gasteiger partial charge in [0.25, 0.3) is 5.91 Å². The van der Waals surface area contributed by atoms with Gasteiger partial charge in [0, 0.05) is 6.54 Å². The fourth-order valence-electron chi connectivity index (χ4n) is 2.64. The van der Waals surface area contributed by atoms with Crippen LogP contribution in [0, 0.1) is 12.3 Å². The summed E-state index contributed by atoms with van der Waals surface area (Å²) in [4.78, 5) is 24.1. The molecule has 1 heterocycles. The maximum absolute atomic E-state index is 12.0. The summed E-state index contributed by atoms with van der Waals surface area (Å²) in [5.74, 6) is -1.08. The number of carbonyl (C=O) groups is 2. The molecule has 0 aliphatic heterocycles. The Balaban J connectivity index is 2.04. The second-order valence-electron chi connectivity index (χ2n) is 5.37. The number of aryl methyl sites for hydroxylation is 1. The summed E-state index contributed by atoms with van der Waals surface area (Å²) in [5.41, 5.74) is -0.240. The summed E-state index contributed by atoms with van der Waals surface area (Å²) in [6.07, 6.45) is 5.21. The summed E-state index contributed by atoms with van der Waals surface area (Å²) in [6.45, 7) is 1.90. The quantitative estimate of drug-likeness (QED) is 0.829. The first-order valence-corrected chi connectivity index (χ1v) is 7.63. The number of nitrogens with one attached hydrogen (secondary N) is 1. The van der Waals surface area contributed by atoms with Gasteiger partial charge >= 0.3 is 5.97 Å². The number of amides is 1. The molecule has 0 unspecified atom stereocenters. The zero-order valence-corrected chi connectivity index (χ0v) is 12.3. The van der Waals surface area contributed by atoms with Gasteiger partial charge in [-0.3, -0.25) is 9.59 Å². The van der Waals surface area contributed by atoms with Crippen molar-refractivity contribution < 1.29 is 14.7 Å². The number of nitrogens with zero attached hydrogens (tertiary/aromatic N) is 2. The zero-order chi connectivity index (χ0) is 14.6. The molecule has 1 amide bonds. The molecule has 1 fully saturated rings. The molecule has 1 aromatic heterocycles. The van der Waals surface area contributed by atoms with E-state index in [9.17, 15) is 14.7 Å². The molecule has 1 aliphatic carbocycles. The minimum atomic E-state index is -0.821. The lowest BCUT2D eigenvalue weighted by Gasteiger charge is -2.28. The van der Waals surface area contributed by atoms with E-state index in [1.165, 1.54) is 0 Å². The molecular formula is C13H19N3O3S. The largest absolute Gasteiger partial charge is 0.481 e. The molecule has 0 saturated heterocycles.